The summed E-state index contributed by atoms with van der Waals surface area (Å²) in [6, 6.07) is 20.4. The second-order valence-electron chi connectivity index (χ2n) is 7.46. The highest BCUT2D eigenvalue weighted by molar-refractivity contribution is 7.80. The minimum Gasteiger partial charge on any atom is -0.332 e. The molecule has 0 aliphatic rings. The van der Waals surface area contributed by atoms with E-state index in [0.717, 1.165) is 43.6 Å². The van der Waals surface area contributed by atoms with Gasteiger partial charge in [0.2, 0.25) is 0 Å². The zero-order chi connectivity index (χ0) is 22.1. The molecule has 0 aliphatic carbocycles. The van der Waals surface area contributed by atoms with Gasteiger partial charge < -0.3 is 10.6 Å². The molecule has 0 radical (unpaired) electrons. The van der Waals surface area contributed by atoms with Crippen LogP contribution in [0.15, 0.2) is 71.4 Å². The Labute approximate surface area is 200 Å². The lowest BCUT2D eigenvalue weighted by molar-refractivity contribution is 1.31. The molecule has 2 aromatic carbocycles. The predicted molar refractivity (Wildman–Crippen MR) is 142 cm³/mol. The maximum absolute atomic E-state index is 5.53. The monoisotopic (exact) mass is 472 g/mol. The summed E-state index contributed by atoms with van der Waals surface area (Å²) in [7, 11) is 0. The number of rotatable bonds is 4. The number of aryl methyl sites for hydroxylation is 2. The van der Waals surface area contributed by atoms with E-state index in [-0.39, 0.29) is 0 Å². The van der Waals surface area contributed by atoms with Crippen molar-refractivity contribution in [1.29, 1.82) is 0 Å². The van der Waals surface area contributed by atoms with E-state index < -0.39 is 0 Å². The number of nitrogens with zero attached hydrogens (tertiary/aromatic N) is 2. The summed E-state index contributed by atoms with van der Waals surface area (Å²) in [6.07, 6.45) is 0. The van der Waals surface area contributed by atoms with Crippen molar-refractivity contribution in [2.75, 3.05) is 10.6 Å². The van der Waals surface area contributed by atoms with Crippen molar-refractivity contribution >= 4 is 62.4 Å². The van der Waals surface area contributed by atoms with E-state index in [1.54, 1.807) is 22.7 Å². The Hall–Kier alpha value is -3.13. The van der Waals surface area contributed by atoms with Gasteiger partial charge in [0.25, 0.3) is 0 Å². The third kappa shape index (κ3) is 4.27. The molecule has 3 aromatic heterocycles. The average molecular weight is 473 g/mol. The van der Waals surface area contributed by atoms with Crippen LogP contribution in [0, 0.1) is 13.8 Å². The maximum Gasteiger partial charge on any atom is 0.175 e. The minimum atomic E-state index is 0.536. The van der Waals surface area contributed by atoms with Crippen molar-refractivity contribution in [1.82, 2.24) is 9.97 Å². The van der Waals surface area contributed by atoms with Crippen molar-refractivity contribution in [3.63, 3.8) is 0 Å². The minimum absolute atomic E-state index is 0.536. The van der Waals surface area contributed by atoms with Crippen LogP contribution in [0.2, 0.25) is 0 Å². The molecule has 0 saturated carbocycles. The molecule has 0 bridgehead atoms. The van der Waals surface area contributed by atoms with Crippen molar-refractivity contribution in [3.05, 3.63) is 82.6 Å². The molecule has 5 aromatic rings. The van der Waals surface area contributed by atoms with Crippen LogP contribution in [0.5, 0.6) is 0 Å². The van der Waals surface area contributed by atoms with E-state index in [4.69, 9.17) is 22.2 Å². The van der Waals surface area contributed by atoms with Crippen molar-refractivity contribution < 1.29 is 0 Å². The molecule has 0 fully saturated rings. The fourth-order valence-electron chi connectivity index (χ4n) is 3.41. The first-order valence-corrected chi connectivity index (χ1v) is 12.3. The normalized spacial score (nSPS) is 10.9. The van der Waals surface area contributed by atoms with Gasteiger partial charge in [-0.1, -0.05) is 18.2 Å². The number of hydrogen-bond acceptors (Lipinski definition) is 5. The number of hydrogen-bond donors (Lipinski definition) is 2. The van der Waals surface area contributed by atoms with Crippen LogP contribution < -0.4 is 10.6 Å². The quantitative estimate of drug-likeness (QED) is 0.265. The Morgan fingerprint density at radius 2 is 1.31 bits per heavy atom. The molecule has 32 heavy (non-hydrogen) atoms. The van der Waals surface area contributed by atoms with Crippen molar-refractivity contribution in [3.8, 4) is 21.1 Å². The van der Waals surface area contributed by atoms with E-state index in [1.165, 1.54) is 11.1 Å². The Kier molecular flexibility index (Phi) is 5.70. The molecule has 0 unspecified atom stereocenters. The lowest BCUT2D eigenvalue weighted by atomic mass is 10.1. The number of nitrogens with one attached hydrogen (secondary N) is 2. The Balaban J connectivity index is 1.46. The van der Waals surface area contributed by atoms with Gasteiger partial charge in [0.1, 0.15) is 11.4 Å². The summed E-state index contributed by atoms with van der Waals surface area (Å²) in [5.41, 5.74) is 7.82. The van der Waals surface area contributed by atoms with E-state index in [0.29, 0.717) is 5.11 Å². The molecule has 5 rings (SSSR count). The summed E-state index contributed by atoms with van der Waals surface area (Å²) in [5.74, 6) is 0. The highest BCUT2D eigenvalue weighted by Gasteiger charge is 2.15. The fraction of sp³-hybridized carbons (Fsp3) is 0.0800. The molecule has 0 amide bonds. The Morgan fingerprint density at radius 1 is 0.719 bits per heavy atom. The molecule has 7 heteroatoms. The van der Waals surface area contributed by atoms with Crippen LogP contribution in [0.25, 0.3) is 32.2 Å². The predicted octanol–water partition coefficient (Wildman–Crippen LogP) is 7.51. The first-order chi connectivity index (χ1) is 15.6. The van der Waals surface area contributed by atoms with Gasteiger partial charge >= 0.3 is 0 Å². The number of anilines is 2. The van der Waals surface area contributed by atoms with Gasteiger partial charge in [0.15, 0.2) is 5.11 Å². The van der Waals surface area contributed by atoms with Crippen LogP contribution in [0.1, 0.15) is 11.1 Å². The number of fused-ring (bicyclic) bond motifs is 1. The first-order valence-electron chi connectivity index (χ1n) is 10.1. The summed E-state index contributed by atoms with van der Waals surface area (Å²) in [5, 5.41) is 11.2. The lowest BCUT2D eigenvalue weighted by Gasteiger charge is -2.13. The average Bonchev–Trinajstić information content (AvgIpc) is 3.50. The summed E-state index contributed by atoms with van der Waals surface area (Å²) < 4.78 is 0. The zero-order valence-corrected chi connectivity index (χ0v) is 20.0. The van der Waals surface area contributed by atoms with Crippen LogP contribution in [-0.2, 0) is 0 Å². The topological polar surface area (TPSA) is 49.8 Å². The van der Waals surface area contributed by atoms with Crippen LogP contribution >= 0.6 is 34.9 Å². The molecule has 0 saturated heterocycles. The second-order valence-corrected chi connectivity index (χ2v) is 9.76. The third-order valence-electron chi connectivity index (χ3n) is 5.20. The van der Waals surface area contributed by atoms with Gasteiger partial charge in [0.05, 0.1) is 20.8 Å². The van der Waals surface area contributed by atoms with Crippen LogP contribution in [-0.4, -0.2) is 15.1 Å². The SMILES string of the molecule is Cc1ccc(NC(=S)Nc2ccc3nc(-c4cccs4)c(-c4cccs4)nc3c2)cc1C. The number of benzene rings is 2. The van der Waals surface area contributed by atoms with Gasteiger partial charge in [-0.3, -0.25) is 0 Å². The van der Waals surface area contributed by atoms with Crippen molar-refractivity contribution in [2.45, 2.75) is 13.8 Å². The molecular formula is C25H20N4S3. The maximum atomic E-state index is 5.53. The molecule has 158 valence electrons. The molecule has 2 N–H and O–H groups in total. The third-order valence-corrected chi connectivity index (χ3v) is 7.15. The highest BCUT2D eigenvalue weighted by Crippen LogP contribution is 2.35. The molecule has 0 aliphatic heterocycles. The number of aromatic nitrogens is 2. The van der Waals surface area contributed by atoms with E-state index in [9.17, 15) is 0 Å². The smallest absolute Gasteiger partial charge is 0.175 e. The summed E-state index contributed by atoms with van der Waals surface area (Å²) >= 11 is 8.87. The Morgan fingerprint density at radius 3 is 1.91 bits per heavy atom. The molecule has 4 nitrogen and oxygen atoms in total. The van der Waals surface area contributed by atoms with E-state index in [2.05, 4.69) is 59.5 Å². The second kappa shape index (κ2) is 8.78. The largest absolute Gasteiger partial charge is 0.332 e. The van der Waals surface area contributed by atoms with Crippen LogP contribution in [0.3, 0.4) is 0 Å². The summed E-state index contributed by atoms with van der Waals surface area (Å²) in [4.78, 5) is 12.2. The molecule has 0 atom stereocenters. The van der Waals surface area contributed by atoms with Crippen LogP contribution in [0.4, 0.5) is 11.4 Å². The zero-order valence-electron chi connectivity index (χ0n) is 17.5. The van der Waals surface area contributed by atoms with E-state index in [1.807, 2.05) is 36.4 Å². The molecular weight excluding hydrogens is 453 g/mol. The highest BCUT2D eigenvalue weighted by atomic mass is 32.1. The molecule has 3 heterocycles. The lowest BCUT2D eigenvalue weighted by Crippen LogP contribution is -2.19. The van der Waals surface area contributed by atoms with E-state index >= 15 is 0 Å². The standard InChI is InChI=1S/C25H20N4S3/c1-15-7-8-17(13-16(15)2)26-25(30)27-18-9-10-19-20(14-18)29-24(22-6-4-12-32-22)23(28-19)21-5-3-11-31-21/h3-14H,1-2H3,(H2,26,27,30). The first kappa shape index (κ1) is 20.8. The summed E-state index contributed by atoms with van der Waals surface area (Å²) in [6.45, 7) is 4.19. The van der Waals surface area contributed by atoms with Gasteiger partial charge in [-0.25, -0.2) is 9.97 Å². The number of thiophene rings is 2. The molecule has 0 spiro atoms. The van der Waals surface area contributed by atoms with Gasteiger partial charge in [-0.2, -0.15) is 0 Å². The number of thiocarbonyl (C=S) groups is 1. The van der Waals surface area contributed by atoms with Gasteiger partial charge in [-0.15, -0.1) is 22.7 Å². The fourth-order valence-corrected chi connectivity index (χ4v) is 5.08. The van der Waals surface area contributed by atoms with Gasteiger partial charge in [0, 0.05) is 11.4 Å². The van der Waals surface area contributed by atoms with Gasteiger partial charge in [-0.05, 0) is 90.4 Å². The van der Waals surface area contributed by atoms with Crippen molar-refractivity contribution in [2.24, 2.45) is 0 Å². The Bertz CT molecular complexity index is 1410.